The summed E-state index contributed by atoms with van der Waals surface area (Å²) in [4.78, 5) is 76.7. The van der Waals surface area contributed by atoms with E-state index in [4.69, 9.17) is 27.4 Å². The maximum atomic E-state index is 13.1. The first-order valence-electron chi connectivity index (χ1n) is 11.2. The quantitative estimate of drug-likeness (QED) is 0.0606. The number of carboxylic acid groups (broad SMARTS) is 3. The van der Waals surface area contributed by atoms with E-state index in [1.807, 2.05) is 0 Å². The van der Waals surface area contributed by atoms with Gasteiger partial charge in [0.25, 0.3) is 0 Å². The number of hydrogen-bond acceptors (Lipinski definition) is 8. The zero-order valence-corrected chi connectivity index (χ0v) is 19.6. The van der Waals surface area contributed by atoms with E-state index >= 15 is 0 Å². The third kappa shape index (κ3) is 10.1. The number of nitrogens with zero attached hydrogens (tertiary/aromatic N) is 2. The Balaban J connectivity index is 3.06. The summed E-state index contributed by atoms with van der Waals surface area (Å²) in [6, 6.07) is -5.23. The average Bonchev–Trinajstić information content (AvgIpc) is 3.27. The van der Waals surface area contributed by atoms with Crippen LogP contribution in [0.1, 0.15) is 44.9 Å². The lowest BCUT2D eigenvalue weighted by atomic mass is 10.1. The molecule has 1 aliphatic rings. The lowest BCUT2D eigenvalue weighted by Crippen LogP contribution is -2.57. The van der Waals surface area contributed by atoms with Crippen LogP contribution in [0.5, 0.6) is 0 Å². The van der Waals surface area contributed by atoms with Crippen molar-refractivity contribution in [1.82, 2.24) is 15.5 Å². The van der Waals surface area contributed by atoms with Gasteiger partial charge in [-0.15, -0.1) is 0 Å². The number of carbonyl (C=O) groups excluding carboxylic acids is 3. The molecule has 0 aliphatic carbocycles. The maximum Gasteiger partial charge on any atom is 0.326 e. The molecule has 16 heteroatoms. The number of likely N-dealkylation sites (tertiary alicyclic amines) is 1. The van der Waals surface area contributed by atoms with E-state index < -0.39 is 72.6 Å². The van der Waals surface area contributed by atoms with Gasteiger partial charge in [0, 0.05) is 19.5 Å². The number of nitrogens with one attached hydrogen (secondary N) is 2. The minimum Gasteiger partial charge on any atom is -0.481 e. The molecule has 1 saturated heterocycles. The van der Waals surface area contributed by atoms with Crippen LogP contribution in [-0.4, -0.2) is 99.1 Å². The molecule has 0 bridgehead atoms. The molecule has 1 aliphatic heterocycles. The molecule has 3 amide bonds. The monoisotopic (exact) mass is 515 g/mol. The van der Waals surface area contributed by atoms with Crippen LogP contribution in [0.3, 0.4) is 0 Å². The van der Waals surface area contributed by atoms with Gasteiger partial charge in [-0.1, -0.05) is 0 Å². The first-order valence-corrected chi connectivity index (χ1v) is 11.2. The lowest BCUT2D eigenvalue weighted by molar-refractivity contribution is -0.150. The molecule has 0 radical (unpaired) electrons. The molecule has 1 fully saturated rings. The third-order valence-corrected chi connectivity index (χ3v) is 5.39. The smallest absolute Gasteiger partial charge is 0.326 e. The number of amides is 3. The highest BCUT2D eigenvalue weighted by Crippen LogP contribution is 2.20. The number of hydrogen-bond donors (Lipinski definition) is 8. The molecule has 0 aromatic rings. The molecule has 0 aromatic heterocycles. The Labute approximate surface area is 206 Å². The maximum absolute atomic E-state index is 13.1. The van der Waals surface area contributed by atoms with Gasteiger partial charge >= 0.3 is 17.9 Å². The van der Waals surface area contributed by atoms with Crippen LogP contribution < -0.4 is 27.8 Å². The van der Waals surface area contributed by atoms with Crippen LogP contribution in [0.15, 0.2) is 4.99 Å². The SMILES string of the molecule is NC(N)=NCCCC(NC(=O)C(N)CC(=O)O)C(=O)NC(CCC(=O)O)C(=O)N1CCCC1C(=O)O. The number of aliphatic carboxylic acids is 3. The zero-order valence-electron chi connectivity index (χ0n) is 19.6. The largest absolute Gasteiger partial charge is 0.481 e. The van der Waals surface area contributed by atoms with Gasteiger partial charge in [0.2, 0.25) is 17.7 Å². The van der Waals surface area contributed by atoms with Crippen molar-refractivity contribution in [3.8, 4) is 0 Å². The Hall–Kier alpha value is -3.95. The summed E-state index contributed by atoms with van der Waals surface area (Å²) in [5, 5.41) is 32.0. The second kappa shape index (κ2) is 14.4. The van der Waals surface area contributed by atoms with Crippen LogP contribution in [-0.2, 0) is 28.8 Å². The number of rotatable bonds is 15. The van der Waals surface area contributed by atoms with Crippen molar-refractivity contribution in [1.29, 1.82) is 0 Å². The number of carboxylic acids is 3. The summed E-state index contributed by atoms with van der Waals surface area (Å²) in [7, 11) is 0. The lowest BCUT2D eigenvalue weighted by Gasteiger charge is -2.28. The predicted octanol–water partition coefficient (Wildman–Crippen LogP) is -3.25. The molecule has 4 atom stereocenters. The van der Waals surface area contributed by atoms with Crippen LogP contribution in [0, 0.1) is 0 Å². The first-order chi connectivity index (χ1) is 16.8. The fourth-order valence-electron chi connectivity index (χ4n) is 3.62. The number of guanidine groups is 1. The summed E-state index contributed by atoms with van der Waals surface area (Å²) in [5.74, 6) is -6.54. The Morgan fingerprint density at radius 3 is 2.14 bits per heavy atom. The van der Waals surface area contributed by atoms with Crippen LogP contribution in [0.4, 0.5) is 0 Å². The van der Waals surface area contributed by atoms with Crippen LogP contribution >= 0.6 is 0 Å². The molecule has 1 heterocycles. The summed E-state index contributed by atoms with van der Waals surface area (Å²) >= 11 is 0. The molecule has 1 rings (SSSR count). The van der Waals surface area contributed by atoms with Crippen molar-refractivity contribution in [2.75, 3.05) is 13.1 Å². The van der Waals surface area contributed by atoms with E-state index in [-0.39, 0.29) is 44.7 Å². The van der Waals surface area contributed by atoms with Crippen LogP contribution in [0.2, 0.25) is 0 Å². The van der Waals surface area contributed by atoms with Gasteiger partial charge in [0.1, 0.15) is 18.1 Å². The highest BCUT2D eigenvalue weighted by Gasteiger charge is 2.38. The van der Waals surface area contributed by atoms with E-state index in [0.717, 1.165) is 4.90 Å². The third-order valence-electron chi connectivity index (χ3n) is 5.39. The van der Waals surface area contributed by atoms with E-state index in [2.05, 4.69) is 15.6 Å². The molecule has 11 N–H and O–H groups in total. The van der Waals surface area contributed by atoms with Crippen molar-refractivity contribution in [3.63, 3.8) is 0 Å². The Morgan fingerprint density at radius 1 is 0.944 bits per heavy atom. The predicted molar refractivity (Wildman–Crippen MR) is 123 cm³/mol. The summed E-state index contributed by atoms with van der Waals surface area (Å²) in [6.07, 6.45) is -0.706. The molecule has 0 spiro atoms. The van der Waals surface area contributed by atoms with Crippen LogP contribution in [0.25, 0.3) is 0 Å². The van der Waals surface area contributed by atoms with E-state index in [9.17, 15) is 33.9 Å². The minimum absolute atomic E-state index is 0.0323. The van der Waals surface area contributed by atoms with Gasteiger partial charge < -0.3 is 48.1 Å². The highest BCUT2D eigenvalue weighted by atomic mass is 16.4. The van der Waals surface area contributed by atoms with E-state index in [0.29, 0.717) is 6.42 Å². The highest BCUT2D eigenvalue weighted by molar-refractivity contribution is 5.95. The van der Waals surface area contributed by atoms with Crippen molar-refractivity contribution >= 4 is 41.6 Å². The van der Waals surface area contributed by atoms with Crippen molar-refractivity contribution < 1.29 is 44.1 Å². The summed E-state index contributed by atoms with van der Waals surface area (Å²) in [5.41, 5.74) is 16.1. The Morgan fingerprint density at radius 2 is 1.58 bits per heavy atom. The minimum atomic E-state index is -1.46. The second-order valence-electron chi connectivity index (χ2n) is 8.24. The Bertz CT molecular complexity index is 876. The molecule has 16 nitrogen and oxygen atoms in total. The van der Waals surface area contributed by atoms with Gasteiger partial charge in [0.05, 0.1) is 12.5 Å². The summed E-state index contributed by atoms with van der Waals surface area (Å²) in [6.45, 7) is 0.219. The topological polar surface area (TPSA) is 281 Å². The number of carbonyl (C=O) groups is 6. The van der Waals surface area contributed by atoms with E-state index in [1.165, 1.54) is 0 Å². The van der Waals surface area contributed by atoms with Gasteiger partial charge in [0.15, 0.2) is 5.96 Å². The fourth-order valence-corrected chi connectivity index (χ4v) is 3.62. The fraction of sp³-hybridized carbons (Fsp3) is 0.650. The molecule has 202 valence electrons. The zero-order chi connectivity index (χ0) is 27.4. The molecule has 36 heavy (non-hydrogen) atoms. The summed E-state index contributed by atoms with van der Waals surface area (Å²) < 4.78 is 0. The molecule has 0 aromatic carbocycles. The van der Waals surface area contributed by atoms with Gasteiger partial charge in [-0.2, -0.15) is 0 Å². The van der Waals surface area contributed by atoms with Gasteiger partial charge in [-0.25, -0.2) is 4.79 Å². The van der Waals surface area contributed by atoms with Gasteiger partial charge in [-0.05, 0) is 32.1 Å². The second-order valence-corrected chi connectivity index (χ2v) is 8.24. The van der Waals surface area contributed by atoms with Gasteiger partial charge in [-0.3, -0.25) is 29.0 Å². The molecule has 0 saturated carbocycles. The van der Waals surface area contributed by atoms with Crippen molar-refractivity contribution in [2.45, 2.75) is 69.1 Å². The van der Waals surface area contributed by atoms with Crippen molar-refractivity contribution in [3.05, 3.63) is 0 Å². The Kier molecular flexibility index (Phi) is 12.1. The first kappa shape index (κ1) is 30.1. The molecular formula is C20H33N7O9. The number of aliphatic imine (C=N–C) groups is 1. The average molecular weight is 516 g/mol. The molecule has 4 unspecified atom stereocenters. The molecular weight excluding hydrogens is 482 g/mol. The standard InChI is InChI=1S/C20H33N7O9/c21-10(9-15(30)31)16(32)25-11(3-1-7-24-20(22)23)17(33)26-12(5-6-14(28)29)18(34)27-8-2-4-13(27)19(35)36/h10-13H,1-9,21H2,(H,25,32)(H,26,33)(H,28,29)(H,30,31)(H,35,36)(H4,22,23,24). The normalized spacial score (nSPS) is 17.4. The van der Waals surface area contributed by atoms with E-state index in [1.54, 1.807) is 0 Å². The number of nitrogens with two attached hydrogens (primary N) is 3. The van der Waals surface area contributed by atoms with Crippen molar-refractivity contribution in [2.24, 2.45) is 22.2 Å².